The van der Waals surface area contributed by atoms with Crippen LogP contribution in [-0.4, -0.2) is 40.9 Å². The number of nitrogens with zero attached hydrogens (tertiary/aromatic N) is 3. The van der Waals surface area contributed by atoms with E-state index in [1.165, 1.54) is 0 Å². The van der Waals surface area contributed by atoms with Crippen LogP contribution in [0.1, 0.15) is 47.0 Å². The summed E-state index contributed by atoms with van der Waals surface area (Å²) in [5, 5.41) is 0.109. The molecule has 1 rings (SSSR count). The zero-order valence-corrected chi connectivity index (χ0v) is 14.4. The number of hydrogen-bond donors (Lipinski definition) is 1. The number of aromatic nitrogens is 2. The average Bonchev–Trinajstić information content (AvgIpc) is 2.98. The minimum Gasteiger partial charge on any atom is -0.336 e. The van der Waals surface area contributed by atoms with Crippen molar-refractivity contribution < 1.29 is 8.42 Å². The monoisotopic (exact) mass is 316 g/mol. The molecule has 0 saturated carbocycles. The van der Waals surface area contributed by atoms with Gasteiger partial charge in [0.05, 0.1) is 6.33 Å². The molecule has 0 fully saturated rings. The Morgan fingerprint density at radius 1 is 1.29 bits per heavy atom. The van der Waals surface area contributed by atoms with Gasteiger partial charge >= 0.3 is 0 Å². The predicted octanol–water partition coefficient (Wildman–Crippen LogP) is 1.82. The molecule has 2 N–H and O–H groups in total. The Hall–Kier alpha value is -0.920. The van der Waals surface area contributed by atoms with Crippen molar-refractivity contribution >= 4 is 10.0 Å². The van der Waals surface area contributed by atoms with Gasteiger partial charge in [0.25, 0.3) is 10.0 Å². The van der Waals surface area contributed by atoms with E-state index in [1.807, 2.05) is 27.7 Å². The van der Waals surface area contributed by atoms with E-state index < -0.39 is 15.6 Å². The van der Waals surface area contributed by atoms with Crippen LogP contribution in [0.3, 0.4) is 0 Å². The molecular formula is C14H28N4O2S. The molecule has 0 aliphatic heterocycles. The van der Waals surface area contributed by atoms with Crippen molar-refractivity contribution in [1.29, 1.82) is 0 Å². The van der Waals surface area contributed by atoms with Crippen LogP contribution in [0.4, 0.5) is 0 Å². The molecule has 6 nitrogen and oxygen atoms in total. The second-order valence-corrected chi connectivity index (χ2v) is 7.06. The zero-order chi connectivity index (χ0) is 16.1. The molecule has 0 atom stereocenters. The molecule has 0 radical (unpaired) electrons. The van der Waals surface area contributed by atoms with E-state index in [0.29, 0.717) is 32.5 Å². The average molecular weight is 316 g/mol. The Labute approximate surface area is 128 Å². The van der Waals surface area contributed by atoms with Gasteiger partial charge < -0.3 is 10.3 Å². The third kappa shape index (κ3) is 3.46. The number of nitrogens with two attached hydrogens (primary N) is 1. The topological polar surface area (TPSA) is 81.2 Å². The summed E-state index contributed by atoms with van der Waals surface area (Å²) in [5.74, 6) is 0. The van der Waals surface area contributed by atoms with E-state index in [-0.39, 0.29) is 5.03 Å². The summed E-state index contributed by atoms with van der Waals surface area (Å²) in [4.78, 5) is 4.07. The highest BCUT2D eigenvalue weighted by molar-refractivity contribution is 7.89. The largest absolute Gasteiger partial charge is 0.336 e. The number of rotatable bonds is 9. The Morgan fingerprint density at radius 3 is 2.29 bits per heavy atom. The molecule has 1 aromatic heterocycles. The fourth-order valence-electron chi connectivity index (χ4n) is 2.57. The van der Waals surface area contributed by atoms with Crippen molar-refractivity contribution in [2.75, 3.05) is 13.1 Å². The quantitative estimate of drug-likeness (QED) is 0.753. The van der Waals surface area contributed by atoms with Gasteiger partial charge in [0.2, 0.25) is 0 Å². The summed E-state index contributed by atoms with van der Waals surface area (Å²) in [5.41, 5.74) is 5.40. The van der Waals surface area contributed by atoms with Gasteiger partial charge in [-0.3, -0.25) is 0 Å². The van der Waals surface area contributed by atoms with Crippen molar-refractivity contribution in [3.05, 3.63) is 12.5 Å². The maximum Gasteiger partial charge on any atom is 0.262 e. The first kappa shape index (κ1) is 18.1. The van der Waals surface area contributed by atoms with Crippen LogP contribution in [0.25, 0.3) is 0 Å². The van der Waals surface area contributed by atoms with Crippen molar-refractivity contribution in [2.45, 2.75) is 64.1 Å². The van der Waals surface area contributed by atoms with Crippen LogP contribution in [0.2, 0.25) is 0 Å². The van der Waals surface area contributed by atoms with Crippen molar-refractivity contribution in [2.24, 2.45) is 5.73 Å². The van der Waals surface area contributed by atoms with Gasteiger partial charge in [0, 0.05) is 31.4 Å². The molecule has 0 bridgehead atoms. The lowest BCUT2D eigenvalue weighted by Gasteiger charge is -2.40. The fourth-order valence-corrected chi connectivity index (χ4v) is 4.51. The van der Waals surface area contributed by atoms with Gasteiger partial charge in [-0.15, -0.1) is 0 Å². The third-order valence-electron chi connectivity index (χ3n) is 4.18. The van der Waals surface area contributed by atoms with E-state index in [9.17, 15) is 8.42 Å². The van der Waals surface area contributed by atoms with Crippen LogP contribution >= 0.6 is 0 Å². The van der Waals surface area contributed by atoms with Gasteiger partial charge in [-0.1, -0.05) is 20.8 Å². The van der Waals surface area contributed by atoms with Crippen molar-refractivity contribution in [3.8, 4) is 0 Å². The molecule has 0 unspecified atom stereocenters. The summed E-state index contributed by atoms with van der Waals surface area (Å²) >= 11 is 0. The Kier molecular flexibility index (Phi) is 6.37. The number of aryl methyl sites for hydroxylation is 1. The molecule has 7 heteroatoms. The molecule has 0 aromatic carbocycles. The lowest BCUT2D eigenvalue weighted by molar-refractivity contribution is 0.177. The van der Waals surface area contributed by atoms with Crippen LogP contribution in [0, 0.1) is 0 Å². The maximum atomic E-state index is 13.0. The highest BCUT2D eigenvalue weighted by Crippen LogP contribution is 2.29. The standard InChI is InChI=1S/C14H28N4O2S/c1-5-9-18(14(6-2,7-3)11-15)21(19,20)13-10-17(8-4)12-16-13/h10,12H,5-9,11,15H2,1-4H3. The van der Waals surface area contributed by atoms with Crippen molar-refractivity contribution in [3.63, 3.8) is 0 Å². The molecule has 1 aromatic rings. The summed E-state index contributed by atoms with van der Waals surface area (Å²) in [6, 6.07) is 0. The number of sulfonamides is 1. The van der Waals surface area contributed by atoms with E-state index in [1.54, 1.807) is 21.4 Å². The molecule has 0 spiro atoms. The summed E-state index contributed by atoms with van der Waals surface area (Å²) in [7, 11) is -3.63. The molecule has 0 amide bonds. The fraction of sp³-hybridized carbons (Fsp3) is 0.786. The highest BCUT2D eigenvalue weighted by Gasteiger charge is 2.41. The van der Waals surface area contributed by atoms with Crippen LogP contribution in [-0.2, 0) is 16.6 Å². The second-order valence-electron chi connectivity index (χ2n) is 5.26. The number of hydrogen-bond acceptors (Lipinski definition) is 4. The van der Waals surface area contributed by atoms with E-state index in [0.717, 1.165) is 6.42 Å². The van der Waals surface area contributed by atoms with Gasteiger partial charge in [0.1, 0.15) is 0 Å². The Morgan fingerprint density at radius 2 is 1.90 bits per heavy atom. The van der Waals surface area contributed by atoms with Gasteiger partial charge in [-0.25, -0.2) is 13.4 Å². The Balaban J connectivity index is 3.31. The zero-order valence-electron chi connectivity index (χ0n) is 13.5. The third-order valence-corrected chi connectivity index (χ3v) is 6.07. The molecule has 1 heterocycles. The minimum absolute atomic E-state index is 0.109. The van der Waals surface area contributed by atoms with Crippen LogP contribution < -0.4 is 5.73 Å². The van der Waals surface area contributed by atoms with Crippen LogP contribution in [0.5, 0.6) is 0 Å². The molecular weight excluding hydrogens is 288 g/mol. The van der Waals surface area contributed by atoms with E-state index in [2.05, 4.69) is 4.98 Å². The van der Waals surface area contributed by atoms with Crippen LogP contribution in [0.15, 0.2) is 17.6 Å². The maximum absolute atomic E-state index is 13.0. The van der Waals surface area contributed by atoms with Gasteiger partial charge in [-0.05, 0) is 26.2 Å². The lowest BCUT2D eigenvalue weighted by atomic mass is 9.93. The summed E-state index contributed by atoms with van der Waals surface area (Å²) in [6.07, 6.45) is 5.26. The first-order chi connectivity index (χ1) is 9.91. The Bertz CT molecular complexity index is 527. The summed E-state index contributed by atoms with van der Waals surface area (Å²) < 4.78 is 29.3. The predicted molar refractivity (Wildman–Crippen MR) is 84.5 cm³/mol. The highest BCUT2D eigenvalue weighted by atomic mass is 32.2. The normalized spacial score (nSPS) is 13.0. The molecule has 21 heavy (non-hydrogen) atoms. The molecule has 0 aliphatic rings. The lowest BCUT2D eigenvalue weighted by Crippen LogP contribution is -2.55. The molecule has 122 valence electrons. The second kappa shape index (κ2) is 7.38. The van der Waals surface area contributed by atoms with E-state index in [4.69, 9.17) is 5.73 Å². The SMILES string of the molecule is CCCN(C(CC)(CC)CN)S(=O)(=O)c1cn(CC)cn1. The summed E-state index contributed by atoms with van der Waals surface area (Å²) in [6.45, 7) is 9.36. The first-order valence-corrected chi connectivity index (χ1v) is 9.10. The van der Waals surface area contributed by atoms with E-state index >= 15 is 0 Å². The smallest absolute Gasteiger partial charge is 0.262 e. The van der Waals surface area contributed by atoms with Gasteiger partial charge in [0.15, 0.2) is 5.03 Å². The number of imidazole rings is 1. The first-order valence-electron chi connectivity index (χ1n) is 7.66. The minimum atomic E-state index is -3.63. The van der Waals surface area contributed by atoms with Crippen molar-refractivity contribution in [1.82, 2.24) is 13.9 Å². The molecule has 0 aliphatic carbocycles. The van der Waals surface area contributed by atoms with Gasteiger partial charge in [-0.2, -0.15) is 4.31 Å². The molecule has 0 saturated heterocycles.